The van der Waals surface area contributed by atoms with Gasteiger partial charge >= 0.3 is 0 Å². The first-order valence-corrected chi connectivity index (χ1v) is 12.3. The summed E-state index contributed by atoms with van der Waals surface area (Å²) in [6, 6.07) is 15.1. The van der Waals surface area contributed by atoms with E-state index in [1.54, 1.807) is 18.2 Å². The van der Waals surface area contributed by atoms with E-state index in [4.69, 9.17) is 10.7 Å². The normalized spacial score (nSPS) is 13.3. The van der Waals surface area contributed by atoms with Crippen LogP contribution in [0.15, 0.2) is 66.3 Å². The molecule has 164 valence electrons. The third kappa shape index (κ3) is 3.85. The van der Waals surface area contributed by atoms with Crippen molar-refractivity contribution in [1.29, 1.82) is 0 Å². The number of fused-ring (bicyclic) bond motifs is 1. The highest BCUT2D eigenvalue weighted by Gasteiger charge is 2.26. The summed E-state index contributed by atoms with van der Waals surface area (Å²) in [6.45, 7) is 0. The van der Waals surface area contributed by atoms with Crippen molar-refractivity contribution in [2.75, 3.05) is 16.4 Å². The summed E-state index contributed by atoms with van der Waals surface area (Å²) < 4.78 is 2.12. The number of anilines is 4. The molecule has 5 aromatic rings. The third-order valence-corrected chi connectivity index (χ3v) is 7.38. The molecule has 6 rings (SSSR count). The van der Waals surface area contributed by atoms with Gasteiger partial charge in [0.15, 0.2) is 5.13 Å². The van der Waals surface area contributed by atoms with Gasteiger partial charge in [0.1, 0.15) is 11.3 Å². The Morgan fingerprint density at radius 1 is 1.12 bits per heavy atom. The Hall–Kier alpha value is -3.69. The summed E-state index contributed by atoms with van der Waals surface area (Å²) >= 11 is 2.89. The Morgan fingerprint density at radius 3 is 2.85 bits per heavy atom. The van der Waals surface area contributed by atoms with Gasteiger partial charge in [-0.3, -0.25) is 9.20 Å². The highest BCUT2D eigenvalue weighted by Crippen LogP contribution is 2.42. The fourth-order valence-corrected chi connectivity index (χ4v) is 5.39. The van der Waals surface area contributed by atoms with Crippen molar-refractivity contribution in [3.63, 3.8) is 0 Å². The van der Waals surface area contributed by atoms with Gasteiger partial charge in [-0.05, 0) is 54.7 Å². The van der Waals surface area contributed by atoms with Crippen LogP contribution < -0.4 is 16.4 Å². The molecule has 1 aliphatic rings. The Labute approximate surface area is 197 Å². The molecular formula is C24H20N6OS2. The standard InChI is InChI=1S/C24H20N6OS2/c25-16-5-1-2-6-17(16)27-23(31)20-9-10-21(33-20)29-24-28-18(13-32-24)19-12-26-22-15(14-7-8-14)4-3-11-30(19)22/h1-6,9-14H,7-8,25H2,(H,27,31)(H,28,29). The number of carbonyl (C=O) groups is 1. The minimum absolute atomic E-state index is 0.192. The zero-order valence-corrected chi connectivity index (χ0v) is 19.1. The molecule has 4 aromatic heterocycles. The topological polar surface area (TPSA) is 97.3 Å². The highest BCUT2D eigenvalue weighted by atomic mass is 32.1. The van der Waals surface area contributed by atoms with E-state index in [1.165, 1.54) is 41.1 Å². The number of rotatable bonds is 6. The lowest BCUT2D eigenvalue weighted by Gasteiger charge is -2.06. The highest BCUT2D eigenvalue weighted by molar-refractivity contribution is 7.19. The molecule has 4 N–H and O–H groups in total. The van der Waals surface area contributed by atoms with E-state index >= 15 is 0 Å². The fraction of sp³-hybridized carbons (Fsp3) is 0.125. The Kier molecular flexibility index (Phi) is 4.85. The molecule has 1 fully saturated rings. The predicted octanol–water partition coefficient (Wildman–Crippen LogP) is 5.97. The lowest BCUT2D eigenvalue weighted by atomic mass is 10.2. The number of carbonyl (C=O) groups excluding carboxylic acids is 1. The number of nitrogen functional groups attached to an aromatic ring is 1. The minimum Gasteiger partial charge on any atom is -0.397 e. The summed E-state index contributed by atoms with van der Waals surface area (Å²) in [7, 11) is 0. The fourth-order valence-electron chi connectivity index (χ4n) is 3.81. The van der Waals surface area contributed by atoms with Crippen molar-refractivity contribution in [3.8, 4) is 11.4 Å². The number of thiazole rings is 1. The van der Waals surface area contributed by atoms with Crippen molar-refractivity contribution >= 4 is 55.7 Å². The smallest absolute Gasteiger partial charge is 0.265 e. The van der Waals surface area contributed by atoms with Crippen LogP contribution >= 0.6 is 22.7 Å². The van der Waals surface area contributed by atoms with Crippen LogP contribution in [0.4, 0.5) is 21.5 Å². The van der Waals surface area contributed by atoms with Gasteiger partial charge in [0.2, 0.25) is 0 Å². The number of imidazole rings is 1. The molecule has 1 aliphatic carbocycles. The molecule has 33 heavy (non-hydrogen) atoms. The van der Waals surface area contributed by atoms with Crippen LogP contribution in [0.1, 0.15) is 34.0 Å². The van der Waals surface area contributed by atoms with Crippen molar-refractivity contribution in [2.24, 2.45) is 0 Å². The van der Waals surface area contributed by atoms with Crippen LogP contribution in [0.3, 0.4) is 0 Å². The van der Waals surface area contributed by atoms with Gasteiger partial charge in [-0.15, -0.1) is 22.7 Å². The van der Waals surface area contributed by atoms with Crippen LogP contribution in [0.25, 0.3) is 17.0 Å². The van der Waals surface area contributed by atoms with Gasteiger partial charge in [0.25, 0.3) is 5.91 Å². The quantitative estimate of drug-likeness (QED) is 0.264. The number of amides is 1. The maximum absolute atomic E-state index is 12.6. The summed E-state index contributed by atoms with van der Waals surface area (Å²) in [5.74, 6) is 0.447. The molecule has 1 aromatic carbocycles. The number of para-hydroxylation sites is 2. The molecule has 0 spiro atoms. The van der Waals surface area contributed by atoms with Gasteiger partial charge < -0.3 is 16.4 Å². The first-order chi connectivity index (χ1) is 16.2. The SMILES string of the molecule is Nc1ccccc1NC(=O)c1ccc(Nc2nc(-c3cnc4c(C5CC5)cccn34)cs2)s1. The van der Waals surface area contributed by atoms with E-state index in [0.29, 0.717) is 22.2 Å². The summed E-state index contributed by atoms with van der Waals surface area (Å²) in [6.07, 6.45) is 6.42. The maximum atomic E-state index is 12.6. The number of hydrogen-bond acceptors (Lipinski definition) is 7. The summed E-state index contributed by atoms with van der Waals surface area (Å²) in [5.41, 5.74) is 11.2. The monoisotopic (exact) mass is 472 g/mol. The molecule has 9 heteroatoms. The van der Waals surface area contributed by atoms with E-state index in [9.17, 15) is 4.79 Å². The number of nitrogens with one attached hydrogen (secondary N) is 2. The largest absolute Gasteiger partial charge is 0.397 e. The Balaban J connectivity index is 1.19. The molecule has 1 amide bonds. The Morgan fingerprint density at radius 2 is 2.00 bits per heavy atom. The third-order valence-electron chi connectivity index (χ3n) is 5.62. The van der Waals surface area contributed by atoms with E-state index in [0.717, 1.165) is 27.2 Å². The molecule has 0 saturated heterocycles. The molecule has 0 atom stereocenters. The molecule has 0 radical (unpaired) electrons. The van der Waals surface area contributed by atoms with Crippen molar-refractivity contribution in [1.82, 2.24) is 14.4 Å². The average molecular weight is 473 g/mol. The van der Waals surface area contributed by atoms with Crippen LogP contribution in [0.5, 0.6) is 0 Å². The summed E-state index contributed by atoms with van der Waals surface area (Å²) in [5, 5.41) is 9.80. The number of nitrogens with zero attached hydrogens (tertiary/aromatic N) is 3. The van der Waals surface area contributed by atoms with E-state index < -0.39 is 0 Å². The van der Waals surface area contributed by atoms with E-state index in [1.807, 2.05) is 36.0 Å². The molecular weight excluding hydrogens is 452 g/mol. The van der Waals surface area contributed by atoms with Gasteiger partial charge in [-0.25, -0.2) is 9.97 Å². The number of hydrogen-bond donors (Lipinski definition) is 3. The first-order valence-electron chi connectivity index (χ1n) is 10.6. The lowest BCUT2D eigenvalue weighted by molar-refractivity contribution is 0.103. The van der Waals surface area contributed by atoms with Crippen LogP contribution in [0, 0.1) is 0 Å². The van der Waals surface area contributed by atoms with Crippen molar-refractivity contribution < 1.29 is 4.79 Å². The van der Waals surface area contributed by atoms with E-state index in [2.05, 4.69) is 32.2 Å². The van der Waals surface area contributed by atoms with Gasteiger partial charge in [-0.1, -0.05) is 18.2 Å². The zero-order valence-electron chi connectivity index (χ0n) is 17.5. The van der Waals surface area contributed by atoms with Crippen LogP contribution in [0.2, 0.25) is 0 Å². The number of aromatic nitrogens is 3. The van der Waals surface area contributed by atoms with Gasteiger partial charge in [-0.2, -0.15) is 0 Å². The number of thiophene rings is 1. The predicted molar refractivity (Wildman–Crippen MR) is 135 cm³/mol. The Bertz CT molecular complexity index is 1480. The minimum atomic E-state index is -0.192. The lowest BCUT2D eigenvalue weighted by Crippen LogP contribution is -2.11. The van der Waals surface area contributed by atoms with Gasteiger partial charge in [0, 0.05) is 11.6 Å². The van der Waals surface area contributed by atoms with Crippen LogP contribution in [-0.2, 0) is 0 Å². The van der Waals surface area contributed by atoms with Gasteiger partial charge in [0.05, 0.1) is 33.1 Å². The second-order valence-corrected chi connectivity index (χ2v) is 9.88. The molecule has 0 bridgehead atoms. The number of benzene rings is 1. The number of pyridine rings is 1. The maximum Gasteiger partial charge on any atom is 0.265 e. The average Bonchev–Trinajstić information content (AvgIpc) is 3.19. The zero-order chi connectivity index (χ0) is 22.4. The second kappa shape index (κ2) is 8.02. The van der Waals surface area contributed by atoms with Crippen molar-refractivity contribution in [2.45, 2.75) is 18.8 Å². The molecule has 1 saturated carbocycles. The van der Waals surface area contributed by atoms with E-state index in [-0.39, 0.29) is 5.91 Å². The molecule has 0 aliphatic heterocycles. The first kappa shape index (κ1) is 20.0. The van der Waals surface area contributed by atoms with Crippen LogP contribution in [-0.4, -0.2) is 20.3 Å². The summed E-state index contributed by atoms with van der Waals surface area (Å²) in [4.78, 5) is 22.6. The second-order valence-electron chi connectivity index (χ2n) is 7.94. The molecule has 7 nitrogen and oxygen atoms in total. The molecule has 0 unspecified atom stereocenters. The number of nitrogens with two attached hydrogens (primary N) is 1. The molecule has 4 heterocycles. The van der Waals surface area contributed by atoms with Crippen molar-refractivity contribution in [3.05, 3.63) is 76.7 Å².